The highest BCUT2D eigenvalue weighted by atomic mass is 31.2. The lowest BCUT2D eigenvalue weighted by Gasteiger charge is -2.39. The third kappa shape index (κ3) is 5.92. The Hall–Kier alpha value is -5.70. The largest absolute Gasteiger partial charge is 0.319 e. The minimum atomic E-state index is -2.42. The average molecular weight is 732 g/mol. The first-order valence-electron chi connectivity index (χ1n) is 19.4. The van der Waals surface area contributed by atoms with Gasteiger partial charge in [-0.15, -0.1) is 0 Å². The van der Waals surface area contributed by atoms with Crippen LogP contribution in [0.5, 0.6) is 0 Å². The minimum Gasteiger partial charge on any atom is -0.319 e. The maximum Gasteiger partial charge on any atom is 0.164 e. The molecule has 4 nitrogen and oxygen atoms in total. The van der Waals surface area contributed by atoms with Crippen LogP contribution in [0.15, 0.2) is 158 Å². The van der Waals surface area contributed by atoms with Crippen LogP contribution in [0.2, 0.25) is 0 Å². The molecule has 10 rings (SSSR count). The summed E-state index contributed by atoms with van der Waals surface area (Å²) in [5.74, 6) is 3.38. The Morgan fingerprint density at radius 2 is 1.09 bits per heavy atom. The number of fused-ring (bicyclic) bond motifs is 4. The molecule has 8 aromatic rings. The van der Waals surface area contributed by atoms with Crippen molar-refractivity contribution in [1.29, 1.82) is 0 Å². The van der Waals surface area contributed by atoms with Gasteiger partial charge in [0, 0.05) is 27.4 Å². The van der Waals surface area contributed by atoms with E-state index in [1.165, 1.54) is 53.3 Å². The van der Waals surface area contributed by atoms with Gasteiger partial charge in [0.1, 0.15) is 7.14 Å². The van der Waals surface area contributed by atoms with Crippen molar-refractivity contribution in [3.8, 4) is 45.3 Å². The van der Waals surface area contributed by atoms with Gasteiger partial charge in [0.15, 0.2) is 17.5 Å². The van der Waals surface area contributed by atoms with E-state index in [-0.39, 0.29) is 5.41 Å². The van der Waals surface area contributed by atoms with E-state index in [2.05, 4.69) is 133 Å². The maximum atomic E-state index is 13.2. The van der Waals surface area contributed by atoms with Crippen LogP contribution in [0.4, 0.5) is 0 Å². The second-order valence-electron chi connectivity index (χ2n) is 16.0. The van der Waals surface area contributed by atoms with E-state index in [9.17, 15) is 4.57 Å². The van der Waals surface area contributed by atoms with Gasteiger partial charge in [0.25, 0.3) is 0 Å². The van der Waals surface area contributed by atoms with Crippen LogP contribution < -0.4 is 5.30 Å². The Bertz CT molecular complexity index is 2770. The summed E-state index contributed by atoms with van der Waals surface area (Å²) in [6.45, 7) is 3.72. The van der Waals surface area contributed by atoms with Crippen molar-refractivity contribution in [2.45, 2.75) is 31.1 Å². The summed E-state index contributed by atoms with van der Waals surface area (Å²) in [5.41, 5.74) is 8.03. The van der Waals surface area contributed by atoms with Crippen LogP contribution in [0.25, 0.3) is 66.8 Å². The number of nitrogens with zero attached hydrogens (tertiary/aromatic N) is 3. The fourth-order valence-corrected chi connectivity index (χ4v) is 11.0. The fourth-order valence-electron chi connectivity index (χ4n) is 9.75. The summed E-state index contributed by atoms with van der Waals surface area (Å²) >= 11 is 0. The third-order valence-corrected chi connectivity index (χ3v) is 13.9. The van der Waals surface area contributed by atoms with Crippen LogP contribution in [0.3, 0.4) is 0 Å². The molecule has 7 aromatic carbocycles. The average Bonchev–Trinajstić information content (AvgIpc) is 3.86. The minimum absolute atomic E-state index is 0.0342. The highest BCUT2D eigenvalue weighted by molar-refractivity contribution is 7.70. The van der Waals surface area contributed by atoms with Crippen LogP contribution in [0.1, 0.15) is 36.8 Å². The summed E-state index contributed by atoms with van der Waals surface area (Å²) < 4.78 is 13.2. The molecule has 2 bridgehead atoms. The summed E-state index contributed by atoms with van der Waals surface area (Å²) in [5, 5.41) is 5.54. The molecule has 0 amide bonds. The normalized spacial score (nSPS) is 19.3. The van der Waals surface area contributed by atoms with Gasteiger partial charge in [-0.3, -0.25) is 0 Å². The molecule has 0 radical (unpaired) electrons. The summed E-state index contributed by atoms with van der Waals surface area (Å²) in [4.78, 5) is 15.1. The SMILES string of the molecule is CP(C)(=O)c1ccc(-c2ccc(C3(c4ccc(-c5nc(-c6ccccc6)nc(-c6ccc7ccccc7c6)n5)cc4)CC4CCC3C4)cc2)c2ccccc12. The van der Waals surface area contributed by atoms with Crippen molar-refractivity contribution in [2.75, 3.05) is 13.3 Å². The third-order valence-electron chi connectivity index (χ3n) is 12.4. The highest BCUT2D eigenvalue weighted by Gasteiger charge is 2.52. The predicted molar refractivity (Wildman–Crippen MR) is 228 cm³/mol. The molecule has 0 spiro atoms. The monoisotopic (exact) mass is 731 g/mol. The number of hydrogen-bond donors (Lipinski definition) is 0. The number of rotatable bonds is 7. The standard InChI is InChI=1S/C50H42N3OP/c1-55(2,54)46-29-28-43(44-14-8-9-15-45(44)46)35-19-24-40(25-20-35)50(32-33-16-23-42(50)30-33)41-26-21-37(22-27-41)48-51-47(36-11-4-3-5-12-36)52-49(53-48)39-18-17-34-10-6-7-13-38(34)31-39/h3-15,17-22,24-29,31,33,42H,16,23,30,32H2,1-2H3. The van der Waals surface area contributed by atoms with Crippen molar-refractivity contribution in [1.82, 2.24) is 15.0 Å². The molecule has 0 saturated heterocycles. The van der Waals surface area contributed by atoms with Gasteiger partial charge in [0.05, 0.1) is 0 Å². The lowest BCUT2D eigenvalue weighted by atomic mass is 9.64. The van der Waals surface area contributed by atoms with Gasteiger partial charge >= 0.3 is 0 Å². The molecule has 3 atom stereocenters. The van der Waals surface area contributed by atoms with Crippen molar-refractivity contribution in [2.24, 2.45) is 11.8 Å². The molecule has 1 heterocycles. The van der Waals surface area contributed by atoms with Crippen molar-refractivity contribution in [3.63, 3.8) is 0 Å². The second kappa shape index (κ2) is 13.3. The molecule has 2 aliphatic carbocycles. The van der Waals surface area contributed by atoms with E-state index >= 15 is 0 Å². The predicted octanol–water partition coefficient (Wildman–Crippen LogP) is 12.2. The van der Waals surface area contributed by atoms with Crippen LogP contribution in [0, 0.1) is 11.8 Å². The Morgan fingerprint density at radius 3 is 1.73 bits per heavy atom. The first-order chi connectivity index (χ1) is 26.8. The van der Waals surface area contributed by atoms with Crippen LogP contribution in [-0.4, -0.2) is 28.3 Å². The van der Waals surface area contributed by atoms with Crippen LogP contribution >= 0.6 is 7.14 Å². The smallest absolute Gasteiger partial charge is 0.164 e. The van der Waals surface area contributed by atoms with E-state index < -0.39 is 7.14 Å². The lowest BCUT2D eigenvalue weighted by molar-refractivity contribution is 0.320. The topological polar surface area (TPSA) is 55.7 Å². The Balaban J connectivity index is 1.03. The molecule has 268 valence electrons. The molecule has 55 heavy (non-hydrogen) atoms. The number of benzene rings is 7. The zero-order chi connectivity index (χ0) is 37.1. The Kier molecular flexibility index (Phi) is 8.15. The molecule has 1 aromatic heterocycles. The number of aromatic nitrogens is 3. The summed E-state index contributed by atoms with van der Waals surface area (Å²) in [6, 6.07) is 56.1. The zero-order valence-corrected chi connectivity index (χ0v) is 32.1. The molecule has 5 heteroatoms. The van der Waals surface area contributed by atoms with E-state index in [1.807, 2.05) is 37.6 Å². The number of hydrogen-bond acceptors (Lipinski definition) is 4. The lowest BCUT2D eigenvalue weighted by Crippen LogP contribution is -2.34. The van der Waals surface area contributed by atoms with E-state index in [0.29, 0.717) is 23.4 Å². The van der Waals surface area contributed by atoms with E-state index in [1.54, 1.807) is 0 Å². The van der Waals surface area contributed by atoms with Gasteiger partial charge in [-0.05, 0) is 94.3 Å². The van der Waals surface area contributed by atoms with Gasteiger partial charge in [-0.25, -0.2) is 15.0 Å². The summed E-state index contributed by atoms with van der Waals surface area (Å²) in [6.07, 6.45) is 5.04. The molecule has 2 fully saturated rings. The first kappa shape index (κ1) is 33.8. The molecular formula is C50H42N3OP. The molecule has 0 aliphatic heterocycles. The molecular weight excluding hydrogens is 690 g/mol. The molecule has 2 aliphatic rings. The fraction of sp³-hybridized carbons (Fsp3) is 0.180. The quantitative estimate of drug-likeness (QED) is 0.153. The van der Waals surface area contributed by atoms with Crippen molar-refractivity contribution in [3.05, 3.63) is 169 Å². The van der Waals surface area contributed by atoms with E-state index in [0.717, 1.165) is 44.1 Å². The van der Waals surface area contributed by atoms with Gasteiger partial charge in [0.2, 0.25) is 0 Å². The van der Waals surface area contributed by atoms with Crippen LogP contribution in [-0.2, 0) is 9.98 Å². The molecule has 2 saturated carbocycles. The summed E-state index contributed by atoms with van der Waals surface area (Å²) in [7, 11) is -2.42. The van der Waals surface area contributed by atoms with Gasteiger partial charge in [-0.1, -0.05) is 158 Å². The van der Waals surface area contributed by atoms with Crippen molar-refractivity contribution >= 4 is 34.0 Å². The molecule has 3 unspecified atom stereocenters. The Labute approximate surface area is 322 Å². The van der Waals surface area contributed by atoms with Gasteiger partial charge < -0.3 is 4.57 Å². The van der Waals surface area contributed by atoms with E-state index in [4.69, 9.17) is 15.0 Å². The highest BCUT2D eigenvalue weighted by Crippen LogP contribution is 2.60. The van der Waals surface area contributed by atoms with Crippen molar-refractivity contribution < 1.29 is 4.57 Å². The maximum absolute atomic E-state index is 13.2. The first-order valence-corrected chi connectivity index (χ1v) is 22.0. The molecule has 0 N–H and O–H groups in total. The Morgan fingerprint density at radius 1 is 0.527 bits per heavy atom. The second-order valence-corrected chi connectivity index (χ2v) is 19.2. The zero-order valence-electron chi connectivity index (χ0n) is 31.2. The van der Waals surface area contributed by atoms with Gasteiger partial charge in [-0.2, -0.15) is 0 Å².